The van der Waals surface area contributed by atoms with Gasteiger partial charge >= 0.3 is 6.18 Å². The largest absolute Gasteiger partial charge is 0.390 e. The Labute approximate surface area is 187 Å². The zero-order valence-electron chi connectivity index (χ0n) is 17.3. The number of amides is 1. The molecule has 2 N–H and O–H groups in total. The predicted octanol–water partition coefficient (Wildman–Crippen LogP) is 3.80. The summed E-state index contributed by atoms with van der Waals surface area (Å²) >= 11 is 0. The minimum Gasteiger partial charge on any atom is -0.385 e. The molecule has 0 aliphatic carbocycles. The van der Waals surface area contributed by atoms with Crippen LogP contribution in [0.25, 0.3) is 0 Å². The molecule has 0 saturated carbocycles. The van der Waals surface area contributed by atoms with Crippen LogP contribution in [0.5, 0.6) is 0 Å². The van der Waals surface area contributed by atoms with Crippen LogP contribution in [0.2, 0.25) is 0 Å². The van der Waals surface area contributed by atoms with E-state index in [9.17, 15) is 35.2 Å². The van der Waals surface area contributed by atoms with Crippen molar-refractivity contribution >= 4 is 21.6 Å². The van der Waals surface area contributed by atoms with Gasteiger partial charge in [0.25, 0.3) is 0 Å². The second kappa shape index (κ2) is 10.0. The summed E-state index contributed by atoms with van der Waals surface area (Å²) < 4.78 is 90.5. The molecule has 3 rings (SSSR count). The first-order valence-corrected chi connectivity index (χ1v) is 11.5. The molecule has 0 spiro atoms. The second-order valence-electron chi connectivity index (χ2n) is 7.59. The highest BCUT2D eigenvalue weighted by molar-refractivity contribution is 7.89. The summed E-state index contributed by atoms with van der Waals surface area (Å²) in [6.45, 7) is -0.251. The Morgan fingerprint density at radius 3 is 2.45 bits per heavy atom. The molecule has 6 nitrogen and oxygen atoms in total. The number of rotatable bonds is 8. The molecule has 1 aliphatic heterocycles. The van der Waals surface area contributed by atoms with E-state index in [2.05, 4.69) is 10.6 Å². The van der Waals surface area contributed by atoms with E-state index in [-0.39, 0.29) is 26.1 Å². The fraction of sp³-hybridized carbons (Fsp3) is 0.381. The molecule has 1 fully saturated rings. The van der Waals surface area contributed by atoms with Gasteiger partial charge in [0.05, 0.1) is 11.3 Å². The number of halogens is 5. The summed E-state index contributed by atoms with van der Waals surface area (Å²) in [4.78, 5) is 12.1. The quantitative estimate of drug-likeness (QED) is 0.551. The lowest BCUT2D eigenvalue weighted by Crippen LogP contribution is -2.45. The molecule has 0 radical (unpaired) electrons. The maximum atomic E-state index is 13.5. The maximum absolute atomic E-state index is 13.5. The topological polar surface area (TPSA) is 78.5 Å². The molecule has 1 atom stereocenters. The average molecular weight is 491 g/mol. The standard InChI is InChI=1S/C21H22F5N3O3S/c22-15-10-16(23)12-18(11-15)33(31,32)29-8-2-5-19(29)20(30)28-13-14-3-1-4-17(9-14)27-7-6-21(24,25)26/h1,3-4,9-12,19,27H,2,5-8,13H2,(H,28,30)/t19-/m0/s1. The van der Waals surface area contributed by atoms with Crippen LogP contribution in [-0.2, 0) is 21.4 Å². The first-order chi connectivity index (χ1) is 15.5. The van der Waals surface area contributed by atoms with Crippen LogP contribution in [0.15, 0.2) is 47.4 Å². The molecular formula is C21H22F5N3O3S. The van der Waals surface area contributed by atoms with Crippen molar-refractivity contribution < 1.29 is 35.2 Å². The van der Waals surface area contributed by atoms with Crippen molar-refractivity contribution in [2.75, 3.05) is 18.4 Å². The molecule has 0 aromatic heterocycles. The van der Waals surface area contributed by atoms with Crippen molar-refractivity contribution in [1.29, 1.82) is 0 Å². The van der Waals surface area contributed by atoms with E-state index in [1.165, 1.54) is 0 Å². The SMILES string of the molecule is O=C(NCc1cccc(NCCC(F)(F)F)c1)[C@@H]1CCCN1S(=O)(=O)c1cc(F)cc(F)c1. The maximum Gasteiger partial charge on any atom is 0.390 e. The summed E-state index contributed by atoms with van der Waals surface area (Å²) in [6, 6.07) is 7.34. The number of sulfonamides is 1. The van der Waals surface area contributed by atoms with Crippen LogP contribution in [0, 0.1) is 11.6 Å². The normalized spacial score (nSPS) is 17.2. The molecule has 2 aromatic carbocycles. The van der Waals surface area contributed by atoms with E-state index in [0.29, 0.717) is 35.9 Å². The number of anilines is 1. The van der Waals surface area contributed by atoms with Gasteiger partial charge < -0.3 is 10.6 Å². The van der Waals surface area contributed by atoms with Crippen molar-refractivity contribution in [2.24, 2.45) is 0 Å². The number of nitrogens with zero attached hydrogens (tertiary/aromatic N) is 1. The highest BCUT2D eigenvalue weighted by Crippen LogP contribution is 2.27. The molecule has 1 aliphatic rings. The zero-order chi connectivity index (χ0) is 24.2. The Bertz CT molecular complexity index is 1090. The number of nitrogens with one attached hydrogen (secondary N) is 2. The summed E-state index contributed by atoms with van der Waals surface area (Å²) in [5, 5.41) is 5.28. The van der Waals surface area contributed by atoms with Crippen LogP contribution in [0.3, 0.4) is 0 Å². The van der Waals surface area contributed by atoms with Crippen LogP contribution in [0.1, 0.15) is 24.8 Å². The van der Waals surface area contributed by atoms with Gasteiger partial charge in [0.1, 0.15) is 17.7 Å². The second-order valence-corrected chi connectivity index (χ2v) is 9.48. The predicted molar refractivity (Wildman–Crippen MR) is 111 cm³/mol. The fourth-order valence-electron chi connectivity index (χ4n) is 3.55. The third kappa shape index (κ3) is 6.64. The molecule has 0 bridgehead atoms. The summed E-state index contributed by atoms with van der Waals surface area (Å²) in [6.07, 6.45) is -4.63. The van der Waals surface area contributed by atoms with E-state index < -0.39 is 51.1 Å². The van der Waals surface area contributed by atoms with Gasteiger partial charge in [-0.1, -0.05) is 12.1 Å². The lowest BCUT2D eigenvalue weighted by Gasteiger charge is -2.23. The molecule has 33 heavy (non-hydrogen) atoms. The Kier molecular flexibility index (Phi) is 7.58. The first kappa shape index (κ1) is 24.9. The lowest BCUT2D eigenvalue weighted by atomic mass is 10.1. The highest BCUT2D eigenvalue weighted by atomic mass is 32.2. The average Bonchev–Trinajstić information content (AvgIpc) is 3.22. The first-order valence-electron chi connectivity index (χ1n) is 10.1. The van der Waals surface area contributed by atoms with Crippen molar-refractivity contribution in [2.45, 2.75) is 42.9 Å². The van der Waals surface area contributed by atoms with Crippen LogP contribution >= 0.6 is 0 Å². The fourth-order valence-corrected chi connectivity index (χ4v) is 5.25. The molecule has 1 heterocycles. The molecular weight excluding hydrogens is 469 g/mol. The third-order valence-electron chi connectivity index (χ3n) is 5.08. The van der Waals surface area contributed by atoms with Gasteiger partial charge in [0.2, 0.25) is 15.9 Å². The molecule has 1 saturated heterocycles. The zero-order valence-corrected chi connectivity index (χ0v) is 18.1. The van der Waals surface area contributed by atoms with Gasteiger partial charge in [-0.2, -0.15) is 17.5 Å². The smallest absolute Gasteiger partial charge is 0.385 e. The highest BCUT2D eigenvalue weighted by Gasteiger charge is 2.39. The minimum atomic E-state index is -4.30. The Morgan fingerprint density at radius 1 is 1.09 bits per heavy atom. The number of alkyl halides is 3. The van der Waals surface area contributed by atoms with Gasteiger partial charge in [0, 0.05) is 31.4 Å². The van der Waals surface area contributed by atoms with Crippen molar-refractivity contribution in [3.05, 3.63) is 59.7 Å². The molecule has 2 aromatic rings. The van der Waals surface area contributed by atoms with E-state index in [0.717, 1.165) is 4.31 Å². The number of carbonyl (C=O) groups is 1. The summed E-state index contributed by atoms with van der Waals surface area (Å²) in [5.74, 6) is -2.67. The molecule has 12 heteroatoms. The molecule has 0 unspecified atom stereocenters. The van der Waals surface area contributed by atoms with Crippen LogP contribution < -0.4 is 10.6 Å². The van der Waals surface area contributed by atoms with E-state index >= 15 is 0 Å². The summed E-state index contributed by atoms with van der Waals surface area (Å²) in [5.41, 5.74) is 1.05. The van der Waals surface area contributed by atoms with Gasteiger partial charge in [-0.25, -0.2) is 17.2 Å². The van der Waals surface area contributed by atoms with E-state index in [4.69, 9.17) is 0 Å². The van der Waals surface area contributed by atoms with Crippen molar-refractivity contribution in [3.8, 4) is 0 Å². The van der Waals surface area contributed by atoms with Gasteiger partial charge in [-0.05, 0) is 42.7 Å². The summed E-state index contributed by atoms with van der Waals surface area (Å²) in [7, 11) is -4.30. The van der Waals surface area contributed by atoms with E-state index in [1.54, 1.807) is 24.3 Å². The van der Waals surface area contributed by atoms with Crippen LogP contribution in [0.4, 0.5) is 27.6 Å². The van der Waals surface area contributed by atoms with Gasteiger partial charge in [-0.15, -0.1) is 0 Å². The van der Waals surface area contributed by atoms with Crippen LogP contribution in [-0.4, -0.2) is 43.9 Å². The van der Waals surface area contributed by atoms with Crippen molar-refractivity contribution in [1.82, 2.24) is 9.62 Å². The minimum absolute atomic E-state index is 0.0204. The Hall–Kier alpha value is -2.73. The lowest BCUT2D eigenvalue weighted by molar-refractivity contribution is -0.131. The number of benzene rings is 2. The number of hydrogen-bond acceptors (Lipinski definition) is 4. The van der Waals surface area contributed by atoms with E-state index in [1.807, 2.05) is 0 Å². The number of carbonyl (C=O) groups excluding carboxylic acids is 1. The van der Waals surface area contributed by atoms with Crippen molar-refractivity contribution in [3.63, 3.8) is 0 Å². The number of hydrogen-bond donors (Lipinski definition) is 2. The monoisotopic (exact) mass is 491 g/mol. The Morgan fingerprint density at radius 2 is 1.79 bits per heavy atom. The van der Waals surface area contributed by atoms with Gasteiger partial charge in [0.15, 0.2) is 0 Å². The third-order valence-corrected chi connectivity index (χ3v) is 6.97. The molecule has 1 amide bonds. The molecule has 180 valence electrons. The van der Waals surface area contributed by atoms with Gasteiger partial charge in [-0.3, -0.25) is 4.79 Å². The Balaban J connectivity index is 1.64.